The number of carbonyl (C=O) groups is 1. The molecule has 176 valence electrons. The van der Waals surface area contributed by atoms with Crippen molar-refractivity contribution in [2.75, 3.05) is 26.6 Å². The molecular formula is C23H27ClN4O4S. The molecule has 0 aliphatic carbocycles. The second kappa shape index (κ2) is 11.9. The highest BCUT2D eigenvalue weighted by Gasteiger charge is 2.18. The average molecular weight is 491 g/mol. The third kappa shape index (κ3) is 6.86. The van der Waals surface area contributed by atoms with E-state index >= 15 is 0 Å². The second-order valence-corrected chi connectivity index (χ2v) is 8.69. The maximum atomic E-state index is 12.3. The number of nitrogens with zero attached hydrogens (tertiary/aromatic N) is 3. The van der Waals surface area contributed by atoms with Gasteiger partial charge in [-0.2, -0.15) is 0 Å². The zero-order valence-corrected chi connectivity index (χ0v) is 20.6. The van der Waals surface area contributed by atoms with Crippen LogP contribution in [0.3, 0.4) is 0 Å². The first-order chi connectivity index (χ1) is 15.9. The number of thioether (sulfide) groups is 1. The van der Waals surface area contributed by atoms with Gasteiger partial charge in [0.15, 0.2) is 11.0 Å². The molecule has 1 heterocycles. The molecule has 2 aromatic carbocycles. The molecule has 33 heavy (non-hydrogen) atoms. The molecule has 1 atom stereocenters. The number of ether oxygens (including phenoxy) is 3. The maximum absolute atomic E-state index is 12.3. The summed E-state index contributed by atoms with van der Waals surface area (Å²) in [4.78, 5) is 12.3. The lowest BCUT2D eigenvalue weighted by molar-refractivity contribution is -0.119. The summed E-state index contributed by atoms with van der Waals surface area (Å²) in [6.45, 7) is 4.45. The van der Waals surface area contributed by atoms with Crippen LogP contribution in [0.5, 0.6) is 11.5 Å². The molecule has 3 aromatic rings. The van der Waals surface area contributed by atoms with Gasteiger partial charge in [-0.25, -0.2) is 0 Å². The van der Waals surface area contributed by atoms with E-state index in [1.54, 1.807) is 14.2 Å². The fourth-order valence-electron chi connectivity index (χ4n) is 3.03. The minimum absolute atomic E-state index is 0.0784. The van der Waals surface area contributed by atoms with Gasteiger partial charge < -0.3 is 19.5 Å². The Kier molecular flexibility index (Phi) is 8.99. The number of methoxy groups -OCH3 is 2. The molecule has 0 saturated heterocycles. The van der Waals surface area contributed by atoms with Gasteiger partial charge in [-0.05, 0) is 55.8 Å². The Labute approximate surface area is 202 Å². The molecule has 8 nitrogen and oxygen atoms in total. The second-order valence-electron chi connectivity index (χ2n) is 7.34. The lowest BCUT2D eigenvalue weighted by atomic mass is 10.2. The molecule has 0 spiro atoms. The highest BCUT2D eigenvalue weighted by molar-refractivity contribution is 7.99. The van der Waals surface area contributed by atoms with Crippen LogP contribution in [0.2, 0.25) is 5.02 Å². The number of nitrogens with one attached hydrogen (secondary N) is 1. The molecule has 1 amide bonds. The van der Waals surface area contributed by atoms with Crippen molar-refractivity contribution >= 4 is 29.3 Å². The number of hydrogen-bond donors (Lipinski definition) is 1. The Bertz CT molecular complexity index is 1070. The SMILES string of the molecule is COCC(C)NC(=O)CSc1nnc(COc2ccc(OC)cc2)n1-c1ccc(C)c(Cl)c1. The van der Waals surface area contributed by atoms with Crippen LogP contribution < -0.4 is 14.8 Å². The average Bonchev–Trinajstić information content (AvgIpc) is 3.21. The van der Waals surface area contributed by atoms with Gasteiger partial charge in [-0.1, -0.05) is 29.4 Å². The minimum atomic E-state index is -0.114. The van der Waals surface area contributed by atoms with Crippen LogP contribution in [0.15, 0.2) is 47.6 Å². The molecule has 1 unspecified atom stereocenters. The highest BCUT2D eigenvalue weighted by atomic mass is 35.5. The topological polar surface area (TPSA) is 87.5 Å². The summed E-state index contributed by atoms with van der Waals surface area (Å²) in [5.74, 6) is 2.08. The molecule has 1 aromatic heterocycles. The number of carbonyl (C=O) groups excluding carboxylic acids is 1. The van der Waals surface area contributed by atoms with Crippen molar-refractivity contribution in [3.63, 3.8) is 0 Å². The normalized spacial score (nSPS) is 11.8. The van der Waals surface area contributed by atoms with E-state index in [9.17, 15) is 4.79 Å². The fourth-order valence-corrected chi connectivity index (χ4v) is 3.98. The quantitative estimate of drug-likeness (QED) is 0.405. The van der Waals surface area contributed by atoms with Gasteiger partial charge in [-0.3, -0.25) is 9.36 Å². The van der Waals surface area contributed by atoms with Crippen LogP contribution in [0, 0.1) is 6.92 Å². The van der Waals surface area contributed by atoms with Gasteiger partial charge >= 0.3 is 0 Å². The van der Waals surface area contributed by atoms with Crippen molar-refractivity contribution in [2.45, 2.75) is 31.7 Å². The van der Waals surface area contributed by atoms with Gasteiger partial charge in [0.25, 0.3) is 0 Å². The van der Waals surface area contributed by atoms with Gasteiger partial charge in [0, 0.05) is 18.2 Å². The number of halogens is 1. The van der Waals surface area contributed by atoms with Crippen molar-refractivity contribution in [1.82, 2.24) is 20.1 Å². The predicted octanol–water partition coefficient (Wildman–Crippen LogP) is 4.06. The van der Waals surface area contributed by atoms with Gasteiger partial charge in [0.2, 0.25) is 5.91 Å². The van der Waals surface area contributed by atoms with Gasteiger partial charge in [-0.15, -0.1) is 10.2 Å². The Morgan fingerprint density at radius 1 is 1.15 bits per heavy atom. The zero-order chi connectivity index (χ0) is 23.8. The van der Waals surface area contributed by atoms with E-state index in [0.29, 0.717) is 28.4 Å². The van der Waals surface area contributed by atoms with Crippen molar-refractivity contribution in [3.8, 4) is 17.2 Å². The molecule has 3 rings (SSSR count). The third-order valence-electron chi connectivity index (χ3n) is 4.70. The van der Waals surface area contributed by atoms with E-state index in [1.165, 1.54) is 11.8 Å². The number of aromatic nitrogens is 3. The molecule has 0 bridgehead atoms. The monoisotopic (exact) mass is 490 g/mol. The molecule has 1 N–H and O–H groups in total. The van der Waals surface area contributed by atoms with Crippen LogP contribution in [0.1, 0.15) is 18.3 Å². The van der Waals surface area contributed by atoms with E-state index < -0.39 is 0 Å². The summed E-state index contributed by atoms with van der Waals surface area (Å²) in [7, 11) is 3.21. The van der Waals surface area contributed by atoms with E-state index in [4.69, 9.17) is 25.8 Å². The lowest BCUT2D eigenvalue weighted by Crippen LogP contribution is -2.36. The van der Waals surface area contributed by atoms with E-state index in [1.807, 2.05) is 60.9 Å². The summed E-state index contributed by atoms with van der Waals surface area (Å²) in [6, 6.07) is 12.9. The minimum Gasteiger partial charge on any atom is -0.497 e. The molecule has 0 saturated carbocycles. The number of aryl methyl sites for hydroxylation is 1. The lowest BCUT2D eigenvalue weighted by Gasteiger charge is -2.14. The van der Waals surface area contributed by atoms with Gasteiger partial charge in [0.1, 0.15) is 18.1 Å². The molecule has 0 fully saturated rings. The predicted molar refractivity (Wildman–Crippen MR) is 129 cm³/mol. The first-order valence-corrected chi connectivity index (χ1v) is 11.7. The van der Waals surface area contributed by atoms with Crippen LogP contribution >= 0.6 is 23.4 Å². The Morgan fingerprint density at radius 3 is 2.55 bits per heavy atom. The van der Waals surface area contributed by atoms with E-state index in [2.05, 4.69) is 15.5 Å². The number of hydrogen-bond acceptors (Lipinski definition) is 7. The first-order valence-electron chi connectivity index (χ1n) is 10.3. The molecule has 0 radical (unpaired) electrons. The van der Waals surface area contributed by atoms with Crippen molar-refractivity contribution in [3.05, 3.63) is 58.9 Å². The summed E-state index contributed by atoms with van der Waals surface area (Å²) < 4.78 is 18.0. The number of benzene rings is 2. The fraction of sp³-hybridized carbons (Fsp3) is 0.348. The Balaban J connectivity index is 1.79. The number of rotatable bonds is 11. The van der Waals surface area contributed by atoms with E-state index in [-0.39, 0.29) is 24.3 Å². The molecule has 10 heteroatoms. The van der Waals surface area contributed by atoms with Crippen molar-refractivity contribution in [2.24, 2.45) is 0 Å². The molecule has 0 aliphatic rings. The molecule has 0 aliphatic heterocycles. The van der Waals surface area contributed by atoms with Crippen LogP contribution in [0.25, 0.3) is 5.69 Å². The smallest absolute Gasteiger partial charge is 0.230 e. The van der Waals surface area contributed by atoms with Crippen LogP contribution in [-0.4, -0.2) is 53.3 Å². The zero-order valence-electron chi connectivity index (χ0n) is 19.0. The third-order valence-corrected chi connectivity index (χ3v) is 6.03. The summed E-state index contributed by atoms with van der Waals surface area (Å²) in [5.41, 5.74) is 1.75. The van der Waals surface area contributed by atoms with Crippen molar-refractivity contribution < 1.29 is 19.0 Å². The van der Waals surface area contributed by atoms with Gasteiger partial charge in [0.05, 0.1) is 25.2 Å². The maximum Gasteiger partial charge on any atom is 0.230 e. The van der Waals surface area contributed by atoms with Crippen LogP contribution in [0.4, 0.5) is 0 Å². The van der Waals surface area contributed by atoms with Crippen LogP contribution in [-0.2, 0) is 16.1 Å². The Hall–Kier alpha value is -2.75. The summed E-state index contributed by atoms with van der Waals surface area (Å²) in [5, 5.41) is 12.7. The molecular weight excluding hydrogens is 464 g/mol. The van der Waals surface area contributed by atoms with E-state index in [0.717, 1.165) is 17.0 Å². The standard InChI is InChI=1S/C23H27ClN4O4S/c1-15-5-6-17(11-20(15)24)28-21(13-32-19-9-7-18(31-4)8-10-19)26-27-23(28)33-14-22(29)25-16(2)12-30-3/h5-11,16H,12-14H2,1-4H3,(H,25,29). The Morgan fingerprint density at radius 2 is 1.88 bits per heavy atom. The number of amides is 1. The van der Waals surface area contributed by atoms with Crippen molar-refractivity contribution in [1.29, 1.82) is 0 Å². The first kappa shape index (κ1) is 24.9. The summed E-state index contributed by atoms with van der Waals surface area (Å²) in [6.07, 6.45) is 0. The summed E-state index contributed by atoms with van der Waals surface area (Å²) >= 11 is 7.66. The highest BCUT2D eigenvalue weighted by Crippen LogP contribution is 2.26. The largest absolute Gasteiger partial charge is 0.497 e.